The van der Waals surface area contributed by atoms with Crippen LogP contribution in [0.1, 0.15) is 23.1 Å². The molecule has 1 aromatic carbocycles. The van der Waals surface area contributed by atoms with Crippen molar-refractivity contribution in [3.05, 3.63) is 65.2 Å². The van der Waals surface area contributed by atoms with E-state index in [0.29, 0.717) is 23.0 Å². The number of rotatable bonds is 7. The van der Waals surface area contributed by atoms with Gasteiger partial charge in [0.2, 0.25) is 0 Å². The van der Waals surface area contributed by atoms with Crippen molar-refractivity contribution in [1.82, 2.24) is 24.9 Å². The fraction of sp³-hybridized carbons (Fsp3) is 0.235. The smallest absolute Gasteiger partial charge is 0.270 e. The van der Waals surface area contributed by atoms with Crippen LogP contribution < -0.4 is 10.1 Å². The summed E-state index contributed by atoms with van der Waals surface area (Å²) in [5, 5.41) is 11.8. The minimum Gasteiger partial charge on any atom is -0.470 e. The van der Waals surface area contributed by atoms with Crippen LogP contribution in [-0.2, 0) is 19.8 Å². The molecule has 0 bridgehead atoms. The van der Waals surface area contributed by atoms with Crippen LogP contribution in [0.3, 0.4) is 0 Å². The van der Waals surface area contributed by atoms with Gasteiger partial charge in [0.05, 0.1) is 17.3 Å². The molecule has 0 aliphatic rings. The number of nitrogens with zero attached hydrogens (tertiary/aromatic N) is 4. The van der Waals surface area contributed by atoms with Gasteiger partial charge in [-0.15, -0.1) is 0 Å². The van der Waals surface area contributed by atoms with E-state index in [0.717, 1.165) is 12.2 Å². The van der Waals surface area contributed by atoms with Crippen LogP contribution in [0, 0.1) is 0 Å². The van der Waals surface area contributed by atoms with Gasteiger partial charge in [0.1, 0.15) is 11.4 Å². The first-order valence-electron chi connectivity index (χ1n) is 7.87. The molecule has 0 spiro atoms. The first-order valence-corrected chi connectivity index (χ1v) is 8.25. The average molecular weight is 360 g/mol. The van der Waals surface area contributed by atoms with Crippen molar-refractivity contribution in [1.29, 1.82) is 0 Å². The molecule has 2 aromatic heterocycles. The van der Waals surface area contributed by atoms with Crippen LogP contribution in [-0.4, -0.2) is 25.5 Å². The summed E-state index contributed by atoms with van der Waals surface area (Å²) in [4.78, 5) is 12.4. The highest BCUT2D eigenvalue weighted by Crippen LogP contribution is 2.23. The van der Waals surface area contributed by atoms with Gasteiger partial charge in [-0.05, 0) is 31.2 Å². The molecule has 0 atom stereocenters. The van der Waals surface area contributed by atoms with E-state index in [1.807, 2.05) is 36.0 Å². The second-order valence-corrected chi connectivity index (χ2v) is 5.67. The van der Waals surface area contributed by atoms with E-state index < -0.39 is 0 Å². The van der Waals surface area contributed by atoms with E-state index in [2.05, 4.69) is 15.5 Å². The maximum atomic E-state index is 12.4. The number of carbonyl (C=O) groups is 1. The first-order chi connectivity index (χ1) is 12.2. The Balaban J connectivity index is 1.60. The van der Waals surface area contributed by atoms with Crippen molar-refractivity contribution in [3.8, 4) is 5.75 Å². The molecular weight excluding hydrogens is 342 g/mol. The van der Waals surface area contributed by atoms with Crippen molar-refractivity contribution >= 4 is 17.5 Å². The molecule has 1 amide bonds. The number of halogens is 1. The molecule has 3 aromatic rings. The Labute approximate surface area is 150 Å². The van der Waals surface area contributed by atoms with Gasteiger partial charge < -0.3 is 10.1 Å². The summed E-state index contributed by atoms with van der Waals surface area (Å²) >= 11 is 6.06. The number of benzene rings is 1. The quantitative estimate of drug-likeness (QED) is 0.704. The number of para-hydroxylation sites is 1. The third-order valence-corrected chi connectivity index (χ3v) is 3.89. The second kappa shape index (κ2) is 7.85. The maximum absolute atomic E-state index is 12.4. The predicted molar refractivity (Wildman–Crippen MR) is 93.4 cm³/mol. The third kappa shape index (κ3) is 4.19. The summed E-state index contributed by atoms with van der Waals surface area (Å²) in [6.45, 7) is 3.24. The molecule has 8 heteroatoms. The number of aromatic nitrogens is 4. The Morgan fingerprint density at radius 1 is 1.28 bits per heavy atom. The summed E-state index contributed by atoms with van der Waals surface area (Å²) < 4.78 is 8.91. The Hall–Kier alpha value is -2.80. The summed E-state index contributed by atoms with van der Waals surface area (Å²) in [6, 6.07) is 10.7. The van der Waals surface area contributed by atoms with Gasteiger partial charge in [-0.2, -0.15) is 10.2 Å². The predicted octanol–water partition coefficient (Wildman–Crippen LogP) is 2.72. The second-order valence-electron chi connectivity index (χ2n) is 5.27. The Kier molecular flexibility index (Phi) is 5.35. The average Bonchev–Trinajstić information content (AvgIpc) is 3.28. The van der Waals surface area contributed by atoms with E-state index in [1.165, 1.54) is 4.68 Å². The van der Waals surface area contributed by atoms with Crippen molar-refractivity contribution in [2.24, 2.45) is 0 Å². The third-order valence-electron chi connectivity index (χ3n) is 3.58. The van der Waals surface area contributed by atoms with Gasteiger partial charge in [-0.1, -0.05) is 23.7 Å². The van der Waals surface area contributed by atoms with Crippen molar-refractivity contribution in [2.75, 3.05) is 0 Å². The highest BCUT2D eigenvalue weighted by molar-refractivity contribution is 6.32. The molecular formula is C17H18ClN5O2. The summed E-state index contributed by atoms with van der Waals surface area (Å²) in [5.41, 5.74) is 1.20. The van der Waals surface area contributed by atoms with Crippen molar-refractivity contribution < 1.29 is 9.53 Å². The molecule has 0 unspecified atom stereocenters. The molecule has 1 N–H and O–H groups in total. The van der Waals surface area contributed by atoms with Gasteiger partial charge in [-0.3, -0.25) is 9.48 Å². The Morgan fingerprint density at radius 2 is 2.12 bits per heavy atom. The SMILES string of the molecule is CCn1ccc(CNC(=O)c2ccnn2COc2ccccc2Cl)n1. The molecule has 0 aliphatic heterocycles. The summed E-state index contributed by atoms with van der Waals surface area (Å²) in [5.74, 6) is 0.294. The molecule has 25 heavy (non-hydrogen) atoms. The number of hydrogen-bond donors (Lipinski definition) is 1. The molecule has 0 aliphatic carbocycles. The standard InChI is InChI=1S/C17H18ClN5O2/c1-2-22-10-8-13(21-22)11-19-17(24)15-7-9-20-23(15)12-25-16-6-4-3-5-14(16)18/h3-10H,2,11-12H2,1H3,(H,19,24). The molecule has 0 radical (unpaired) electrons. The fourth-order valence-corrected chi connectivity index (χ4v) is 2.45. The lowest BCUT2D eigenvalue weighted by atomic mass is 10.3. The van der Waals surface area contributed by atoms with E-state index >= 15 is 0 Å². The van der Waals surface area contributed by atoms with Crippen LogP contribution >= 0.6 is 11.6 Å². The molecule has 0 saturated carbocycles. The molecule has 2 heterocycles. The maximum Gasteiger partial charge on any atom is 0.270 e. The van der Waals surface area contributed by atoms with Gasteiger partial charge in [0.25, 0.3) is 5.91 Å². The zero-order chi connectivity index (χ0) is 17.6. The minimum atomic E-state index is -0.244. The minimum absolute atomic E-state index is 0.0873. The number of nitrogens with one attached hydrogen (secondary N) is 1. The Morgan fingerprint density at radius 3 is 2.88 bits per heavy atom. The van der Waals surface area contributed by atoms with Crippen LogP contribution in [0.5, 0.6) is 5.75 Å². The summed E-state index contributed by atoms with van der Waals surface area (Å²) in [6.07, 6.45) is 3.43. The lowest BCUT2D eigenvalue weighted by Gasteiger charge is -2.10. The molecule has 0 saturated heterocycles. The highest BCUT2D eigenvalue weighted by atomic mass is 35.5. The van der Waals surface area contributed by atoms with Crippen LogP contribution in [0.2, 0.25) is 5.02 Å². The van der Waals surface area contributed by atoms with Crippen LogP contribution in [0.4, 0.5) is 0 Å². The van der Waals surface area contributed by atoms with E-state index in [1.54, 1.807) is 24.4 Å². The van der Waals surface area contributed by atoms with Crippen molar-refractivity contribution in [2.45, 2.75) is 26.7 Å². The lowest BCUT2D eigenvalue weighted by molar-refractivity contribution is 0.0929. The molecule has 3 rings (SSSR count). The Bertz CT molecular complexity index is 858. The van der Waals surface area contributed by atoms with Gasteiger partial charge in [0, 0.05) is 18.9 Å². The number of ether oxygens (including phenoxy) is 1. The summed E-state index contributed by atoms with van der Waals surface area (Å²) in [7, 11) is 0. The van der Waals surface area contributed by atoms with Crippen LogP contribution in [0.15, 0.2) is 48.8 Å². The van der Waals surface area contributed by atoms with E-state index in [-0.39, 0.29) is 12.6 Å². The highest BCUT2D eigenvalue weighted by Gasteiger charge is 2.13. The first kappa shape index (κ1) is 17.0. The van der Waals surface area contributed by atoms with E-state index in [4.69, 9.17) is 16.3 Å². The van der Waals surface area contributed by atoms with Gasteiger partial charge >= 0.3 is 0 Å². The number of carbonyl (C=O) groups excluding carboxylic acids is 1. The zero-order valence-corrected chi connectivity index (χ0v) is 14.5. The largest absolute Gasteiger partial charge is 0.470 e. The van der Waals surface area contributed by atoms with Crippen LogP contribution in [0.25, 0.3) is 0 Å². The van der Waals surface area contributed by atoms with Gasteiger partial charge in [0.15, 0.2) is 6.73 Å². The van der Waals surface area contributed by atoms with Crippen molar-refractivity contribution in [3.63, 3.8) is 0 Å². The normalized spacial score (nSPS) is 10.6. The number of aryl methyl sites for hydroxylation is 1. The topological polar surface area (TPSA) is 74.0 Å². The molecule has 0 fully saturated rings. The zero-order valence-electron chi connectivity index (χ0n) is 13.7. The fourth-order valence-electron chi connectivity index (χ4n) is 2.26. The van der Waals surface area contributed by atoms with E-state index in [9.17, 15) is 4.79 Å². The number of hydrogen-bond acceptors (Lipinski definition) is 4. The van der Waals surface area contributed by atoms with Gasteiger partial charge in [-0.25, -0.2) is 4.68 Å². The molecule has 130 valence electrons. The lowest BCUT2D eigenvalue weighted by Crippen LogP contribution is -2.26. The monoisotopic (exact) mass is 359 g/mol. The number of amides is 1. The molecule has 7 nitrogen and oxygen atoms in total.